The fourth-order valence-corrected chi connectivity index (χ4v) is 2.07. The van der Waals surface area contributed by atoms with Crippen LogP contribution in [0.3, 0.4) is 0 Å². The van der Waals surface area contributed by atoms with Gasteiger partial charge in [-0.25, -0.2) is 4.39 Å². The van der Waals surface area contributed by atoms with Crippen LogP contribution in [0.25, 0.3) is 0 Å². The molecule has 0 heterocycles. The van der Waals surface area contributed by atoms with Crippen LogP contribution < -0.4 is 0 Å². The molecule has 0 aromatic heterocycles. The highest BCUT2D eigenvalue weighted by atomic mass is 19.1. The molecule has 1 unspecified atom stereocenters. The summed E-state index contributed by atoms with van der Waals surface area (Å²) < 4.78 is 13.6. The first-order valence-corrected chi connectivity index (χ1v) is 5.72. The molecule has 1 rings (SSSR count). The smallest absolute Gasteiger partial charge is 0.111 e. The van der Waals surface area contributed by atoms with E-state index in [0.717, 1.165) is 25.7 Å². The highest BCUT2D eigenvalue weighted by Gasteiger charge is 2.47. The lowest BCUT2D eigenvalue weighted by molar-refractivity contribution is 0.154. The average Bonchev–Trinajstić information content (AvgIpc) is 2.80. The van der Waals surface area contributed by atoms with Gasteiger partial charge in [-0.2, -0.15) is 0 Å². The van der Waals surface area contributed by atoms with Crippen LogP contribution >= 0.6 is 0 Å². The van der Waals surface area contributed by atoms with Crippen molar-refractivity contribution in [3.05, 3.63) is 0 Å². The largest absolute Gasteiger partial charge is 0.244 e. The topological polar surface area (TPSA) is 0 Å². The van der Waals surface area contributed by atoms with Crippen LogP contribution in [0, 0.1) is 5.41 Å². The average molecular weight is 186 g/mol. The summed E-state index contributed by atoms with van der Waals surface area (Å²) in [5, 5.41) is 0. The summed E-state index contributed by atoms with van der Waals surface area (Å²) in [6.45, 7) is 6.65. The number of rotatable bonds is 6. The Labute approximate surface area is 81.9 Å². The van der Waals surface area contributed by atoms with Gasteiger partial charge in [-0.15, -0.1) is 0 Å². The second-order valence-electron chi connectivity index (χ2n) is 5.10. The van der Waals surface area contributed by atoms with E-state index in [9.17, 15) is 4.39 Å². The summed E-state index contributed by atoms with van der Waals surface area (Å²) in [5.41, 5.74) is -0.500. The fraction of sp³-hybridized carbons (Fsp3) is 1.00. The summed E-state index contributed by atoms with van der Waals surface area (Å²) >= 11 is 0. The van der Waals surface area contributed by atoms with Crippen LogP contribution in [0.1, 0.15) is 65.7 Å². The summed E-state index contributed by atoms with van der Waals surface area (Å²) in [6.07, 6.45) is 7.24. The van der Waals surface area contributed by atoms with Crippen molar-refractivity contribution in [3.8, 4) is 0 Å². The van der Waals surface area contributed by atoms with Crippen molar-refractivity contribution in [1.82, 2.24) is 0 Å². The lowest BCUT2D eigenvalue weighted by Crippen LogP contribution is -2.21. The van der Waals surface area contributed by atoms with Gasteiger partial charge in [0.2, 0.25) is 0 Å². The van der Waals surface area contributed by atoms with Crippen LogP contribution in [0.5, 0.6) is 0 Å². The molecule has 0 spiro atoms. The first-order chi connectivity index (χ1) is 6.04. The van der Waals surface area contributed by atoms with Gasteiger partial charge >= 0.3 is 0 Å². The third kappa shape index (κ3) is 3.28. The van der Waals surface area contributed by atoms with Gasteiger partial charge in [0.1, 0.15) is 5.67 Å². The Morgan fingerprint density at radius 2 is 1.92 bits per heavy atom. The Kier molecular flexibility index (Phi) is 3.37. The quantitative estimate of drug-likeness (QED) is 0.573. The van der Waals surface area contributed by atoms with Gasteiger partial charge in [-0.3, -0.25) is 0 Å². The van der Waals surface area contributed by atoms with E-state index < -0.39 is 5.67 Å². The molecule has 0 radical (unpaired) electrons. The van der Waals surface area contributed by atoms with Crippen molar-refractivity contribution in [2.45, 2.75) is 71.4 Å². The third-order valence-corrected chi connectivity index (χ3v) is 3.52. The Morgan fingerprint density at radius 3 is 2.31 bits per heavy atom. The third-order valence-electron chi connectivity index (χ3n) is 3.52. The predicted octanol–water partition coefficient (Wildman–Crippen LogP) is 4.49. The van der Waals surface area contributed by atoms with E-state index >= 15 is 0 Å². The molecule has 0 aromatic carbocycles. The van der Waals surface area contributed by atoms with Gasteiger partial charge < -0.3 is 0 Å². The van der Waals surface area contributed by atoms with E-state index in [1.807, 2.05) is 0 Å². The zero-order valence-electron chi connectivity index (χ0n) is 9.33. The first-order valence-electron chi connectivity index (χ1n) is 5.72. The van der Waals surface area contributed by atoms with Gasteiger partial charge in [0, 0.05) is 0 Å². The van der Waals surface area contributed by atoms with Gasteiger partial charge in [-0.05, 0) is 31.1 Å². The van der Waals surface area contributed by atoms with Gasteiger partial charge in [-0.1, -0.05) is 40.0 Å². The summed E-state index contributed by atoms with van der Waals surface area (Å²) in [6, 6.07) is 0. The number of halogens is 1. The molecule has 0 nitrogen and oxygen atoms in total. The molecular formula is C12H23F. The minimum atomic E-state index is -0.765. The normalized spacial score (nSPS) is 24.0. The molecule has 0 aliphatic heterocycles. The van der Waals surface area contributed by atoms with Crippen LogP contribution in [0.4, 0.5) is 4.39 Å². The van der Waals surface area contributed by atoms with Crippen LogP contribution in [-0.2, 0) is 0 Å². The molecule has 0 amide bonds. The van der Waals surface area contributed by atoms with E-state index in [-0.39, 0.29) is 5.41 Å². The molecule has 0 saturated heterocycles. The lowest BCUT2D eigenvalue weighted by atomic mass is 9.77. The Hall–Kier alpha value is -0.0700. The van der Waals surface area contributed by atoms with Gasteiger partial charge in [0.05, 0.1) is 0 Å². The maximum absolute atomic E-state index is 13.6. The Morgan fingerprint density at radius 1 is 1.31 bits per heavy atom. The van der Waals surface area contributed by atoms with E-state index in [2.05, 4.69) is 20.8 Å². The molecule has 1 saturated carbocycles. The summed E-state index contributed by atoms with van der Waals surface area (Å²) in [7, 11) is 0. The van der Waals surface area contributed by atoms with E-state index in [1.165, 1.54) is 19.3 Å². The molecule has 1 heteroatoms. The SMILES string of the molecule is CCCCC(C)(CC)CC1(F)CC1. The van der Waals surface area contributed by atoms with E-state index in [4.69, 9.17) is 0 Å². The second kappa shape index (κ2) is 3.98. The number of unbranched alkanes of at least 4 members (excludes halogenated alkanes) is 1. The molecule has 0 aromatic rings. The zero-order chi connectivity index (χ0) is 9.95. The molecule has 1 aliphatic rings. The van der Waals surface area contributed by atoms with Crippen molar-refractivity contribution in [1.29, 1.82) is 0 Å². The van der Waals surface area contributed by atoms with Crippen LogP contribution in [0.2, 0.25) is 0 Å². The van der Waals surface area contributed by atoms with E-state index in [1.54, 1.807) is 0 Å². The monoisotopic (exact) mass is 186 g/mol. The van der Waals surface area contributed by atoms with Gasteiger partial charge in [0.25, 0.3) is 0 Å². The van der Waals surface area contributed by atoms with Crippen molar-refractivity contribution in [2.75, 3.05) is 0 Å². The first kappa shape index (κ1) is 11.0. The molecule has 1 fully saturated rings. The highest BCUT2D eigenvalue weighted by molar-refractivity contribution is 4.98. The summed E-state index contributed by atoms with van der Waals surface area (Å²) in [5.74, 6) is 0. The molecule has 78 valence electrons. The maximum atomic E-state index is 13.6. The second-order valence-corrected chi connectivity index (χ2v) is 5.10. The molecule has 0 N–H and O–H groups in total. The Bertz CT molecular complexity index is 161. The minimum absolute atomic E-state index is 0.265. The highest BCUT2D eigenvalue weighted by Crippen LogP contribution is 2.50. The maximum Gasteiger partial charge on any atom is 0.111 e. The predicted molar refractivity (Wildman–Crippen MR) is 55.6 cm³/mol. The fourth-order valence-electron chi connectivity index (χ4n) is 2.07. The molecular weight excluding hydrogens is 163 g/mol. The number of hydrogen-bond donors (Lipinski definition) is 0. The minimum Gasteiger partial charge on any atom is -0.244 e. The lowest BCUT2D eigenvalue weighted by Gasteiger charge is -2.29. The van der Waals surface area contributed by atoms with Crippen LogP contribution in [-0.4, -0.2) is 5.67 Å². The number of alkyl halides is 1. The van der Waals surface area contributed by atoms with Crippen molar-refractivity contribution >= 4 is 0 Å². The Balaban J connectivity index is 2.38. The molecule has 13 heavy (non-hydrogen) atoms. The molecule has 1 atom stereocenters. The van der Waals surface area contributed by atoms with Crippen molar-refractivity contribution in [3.63, 3.8) is 0 Å². The van der Waals surface area contributed by atoms with Gasteiger partial charge in [0.15, 0.2) is 0 Å². The summed E-state index contributed by atoms with van der Waals surface area (Å²) in [4.78, 5) is 0. The van der Waals surface area contributed by atoms with E-state index in [0.29, 0.717) is 0 Å². The van der Waals surface area contributed by atoms with Crippen molar-refractivity contribution < 1.29 is 4.39 Å². The molecule has 0 bridgehead atoms. The van der Waals surface area contributed by atoms with Crippen molar-refractivity contribution in [2.24, 2.45) is 5.41 Å². The zero-order valence-corrected chi connectivity index (χ0v) is 9.33. The molecule has 1 aliphatic carbocycles. The van der Waals surface area contributed by atoms with Crippen LogP contribution in [0.15, 0.2) is 0 Å². The standard InChI is InChI=1S/C12H23F/c1-4-6-7-11(3,5-2)10-12(13)8-9-12/h4-10H2,1-3H3. The number of hydrogen-bond acceptors (Lipinski definition) is 0.